The molecule has 2 aliphatic carbocycles. The van der Waals surface area contributed by atoms with Crippen LogP contribution in [0.25, 0.3) is 22.3 Å². The fraction of sp³-hybridized carbons (Fsp3) is 0.121. The number of rotatable bonds is 0. The summed E-state index contributed by atoms with van der Waals surface area (Å²) in [6, 6.07) is 27.3. The summed E-state index contributed by atoms with van der Waals surface area (Å²) in [4.78, 5) is 7.18. The first kappa shape index (κ1) is 18.2. The van der Waals surface area contributed by atoms with E-state index in [-0.39, 0.29) is 0 Å². The van der Waals surface area contributed by atoms with Crippen LogP contribution in [0.1, 0.15) is 44.5 Å². The number of aromatic nitrogens is 1. The number of hydrogen-bond donors (Lipinski definition) is 0. The summed E-state index contributed by atoms with van der Waals surface area (Å²) >= 11 is 0. The monoisotopic (exact) mass is 446 g/mol. The van der Waals surface area contributed by atoms with Crippen LogP contribution in [0.3, 0.4) is 0 Å². The van der Waals surface area contributed by atoms with Crippen molar-refractivity contribution in [2.75, 3.05) is 4.90 Å². The number of para-hydroxylation sites is 1. The van der Waals surface area contributed by atoms with Crippen molar-refractivity contribution in [1.29, 1.82) is 0 Å². The Morgan fingerprint density at radius 2 is 1.20 bits per heavy atom. The van der Waals surface area contributed by atoms with Crippen LogP contribution in [0.5, 0.6) is 0 Å². The molecule has 0 unspecified atom stereocenters. The number of pyridine rings is 1. The fourth-order valence-electron chi connectivity index (χ4n) is 7.19. The summed E-state index contributed by atoms with van der Waals surface area (Å²) in [5, 5.41) is 0. The molecule has 35 heavy (non-hydrogen) atoms. The van der Waals surface area contributed by atoms with E-state index in [0.29, 0.717) is 0 Å². The number of anilines is 3. The summed E-state index contributed by atoms with van der Waals surface area (Å²) in [5.74, 6) is 0. The molecule has 4 aliphatic rings. The van der Waals surface area contributed by atoms with Crippen molar-refractivity contribution >= 4 is 17.1 Å². The van der Waals surface area contributed by atoms with Crippen molar-refractivity contribution in [2.24, 2.45) is 0 Å². The van der Waals surface area contributed by atoms with Gasteiger partial charge in [-0.25, -0.2) is 0 Å². The molecule has 9 rings (SSSR count). The Bertz CT molecular complexity index is 1760. The van der Waals surface area contributed by atoms with Crippen LogP contribution in [0.2, 0.25) is 0 Å². The van der Waals surface area contributed by atoms with E-state index in [1.54, 1.807) is 5.56 Å². The maximum Gasteiger partial charge on any atom is 0.0563 e. The summed E-state index contributed by atoms with van der Waals surface area (Å²) in [6.07, 6.45) is 8.16. The van der Waals surface area contributed by atoms with Crippen molar-refractivity contribution in [2.45, 2.75) is 25.7 Å². The lowest BCUT2D eigenvalue weighted by molar-refractivity contribution is 0.986. The van der Waals surface area contributed by atoms with Crippen molar-refractivity contribution < 1.29 is 0 Å². The number of benzene rings is 4. The second-order valence-corrected chi connectivity index (χ2v) is 10.3. The van der Waals surface area contributed by atoms with E-state index < -0.39 is 0 Å². The molecule has 0 bridgehead atoms. The number of fused-ring (bicyclic) bond motifs is 12. The standard InChI is InChI=1S/C33H22N2/c1-3-7-24-19(5-1)14-27-25(24)10-11-26-28(27)15-21-9-12-31-29(32(21)26)16-23-18-34-17-22-13-20-6-2-4-8-30(20)35(31)33(22)23/h1-12,17-18H,13-16H2. The van der Waals surface area contributed by atoms with Crippen molar-refractivity contribution in [1.82, 2.24) is 4.98 Å². The zero-order chi connectivity index (χ0) is 22.7. The molecule has 0 saturated heterocycles. The highest BCUT2D eigenvalue weighted by Gasteiger charge is 2.36. The molecule has 2 aliphatic heterocycles. The van der Waals surface area contributed by atoms with Gasteiger partial charge in [-0.2, -0.15) is 0 Å². The Hall–Kier alpha value is -4.17. The van der Waals surface area contributed by atoms with Crippen molar-refractivity contribution in [3.8, 4) is 22.3 Å². The molecule has 2 heteroatoms. The minimum Gasteiger partial charge on any atom is -0.309 e. The molecule has 0 spiro atoms. The van der Waals surface area contributed by atoms with Gasteiger partial charge in [0.25, 0.3) is 0 Å². The first-order valence-electron chi connectivity index (χ1n) is 12.6. The van der Waals surface area contributed by atoms with Gasteiger partial charge in [0.15, 0.2) is 0 Å². The van der Waals surface area contributed by atoms with Crippen LogP contribution in [0.15, 0.2) is 85.2 Å². The van der Waals surface area contributed by atoms with Gasteiger partial charge in [0, 0.05) is 30.9 Å². The molecule has 2 nitrogen and oxygen atoms in total. The predicted octanol–water partition coefficient (Wildman–Crippen LogP) is 7.50. The highest BCUT2D eigenvalue weighted by atomic mass is 15.2. The number of hydrogen-bond acceptors (Lipinski definition) is 2. The van der Waals surface area contributed by atoms with Gasteiger partial charge in [0.2, 0.25) is 0 Å². The first-order chi connectivity index (χ1) is 17.3. The normalized spacial score (nSPS) is 14.9. The van der Waals surface area contributed by atoms with E-state index in [1.165, 1.54) is 78.3 Å². The van der Waals surface area contributed by atoms with Crippen LogP contribution in [0.4, 0.5) is 17.1 Å². The Labute approximate surface area is 204 Å². The van der Waals surface area contributed by atoms with Crippen LogP contribution < -0.4 is 4.90 Å². The van der Waals surface area contributed by atoms with Gasteiger partial charge in [-0.15, -0.1) is 0 Å². The highest BCUT2D eigenvalue weighted by Crippen LogP contribution is 2.55. The molecular formula is C33H22N2. The Morgan fingerprint density at radius 3 is 2.14 bits per heavy atom. The third kappa shape index (κ3) is 2.23. The lowest BCUT2D eigenvalue weighted by Gasteiger charge is -2.39. The molecule has 5 aromatic rings. The van der Waals surface area contributed by atoms with Crippen molar-refractivity contribution in [3.05, 3.63) is 130 Å². The van der Waals surface area contributed by atoms with Gasteiger partial charge >= 0.3 is 0 Å². The van der Waals surface area contributed by atoms with Gasteiger partial charge in [-0.05, 0) is 91.7 Å². The van der Waals surface area contributed by atoms with E-state index in [1.807, 2.05) is 0 Å². The van der Waals surface area contributed by atoms with Gasteiger partial charge in [0.05, 0.1) is 11.4 Å². The first-order valence-corrected chi connectivity index (χ1v) is 12.6. The lowest BCUT2D eigenvalue weighted by atomic mass is 9.84. The van der Waals surface area contributed by atoms with E-state index in [9.17, 15) is 0 Å². The average Bonchev–Trinajstić information content (AvgIpc) is 3.47. The molecule has 1 aromatic heterocycles. The molecule has 0 fully saturated rings. The zero-order valence-corrected chi connectivity index (χ0v) is 19.3. The second-order valence-electron chi connectivity index (χ2n) is 10.3. The maximum absolute atomic E-state index is 4.66. The van der Waals surface area contributed by atoms with Crippen LogP contribution in [-0.4, -0.2) is 4.98 Å². The van der Waals surface area contributed by atoms with Gasteiger partial charge in [-0.3, -0.25) is 4.98 Å². The SMILES string of the molecule is c1ccc2c(c1)Cc1c-2ccc2c1Cc1ccc3c(c1-2)Cc1cncc2c1N3c1ccccc1C2. The van der Waals surface area contributed by atoms with E-state index in [0.717, 1.165) is 25.7 Å². The third-order valence-corrected chi connectivity index (χ3v) is 8.63. The van der Waals surface area contributed by atoms with Gasteiger partial charge in [0.1, 0.15) is 0 Å². The average molecular weight is 447 g/mol. The molecule has 3 heterocycles. The summed E-state index contributed by atoms with van der Waals surface area (Å²) in [6.45, 7) is 0. The van der Waals surface area contributed by atoms with E-state index in [2.05, 4.69) is 95.1 Å². The predicted molar refractivity (Wildman–Crippen MR) is 141 cm³/mol. The molecule has 0 amide bonds. The topological polar surface area (TPSA) is 16.1 Å². The van der Waals surface area contributed by atoms with E-state index in [4.69, 9.17) is 0 Å². The second kappa shape index (κ2) is 6.28. The zero-order valence-electron chi connectivity index (χ0n) is 19.3. The number of nitrogens with zero attached hydrogens (tertiary/aromatic N) is 2. The Balaban J connectivity index is 1.29. The van der Waals surface area contributed by atoms with E-state index >= 15 is 0 Å². The van der Waals surface area contributed by atoms with Gasteiger partial charge < -0.3 is 4.90 Å². The molecule has 164 valence electrons. The molecule has 0 saturated carbocycles. The Kier molecular flexibility index (Phi) is 3.27. The van der Waals surface area contributed by atoms with Crippen LogP contribution in [0, 0.1) is 0 Å². The largest absolute Gasteiger partial charge is 0.309 e. The van der Waals surface area contributed by atoms with Crippen LogP contribution in [-0.2, 0) is 25.7 Å². The minimum atomic E-state index is 0.949. The Morgan fingerprint density at radius 1 is 0.486 bits per heavy atom. The molecule has 0 atom stereocenters. The van der Waals surface area contributed by atoms with Crippen molar-refractivity contribution in [3.63, 3.8) is 0 Å². The van der Waals surface area contributed by atoms with Gasteiger partial charge in [-0.1, -0.05) is 60.7 Å². The summed E-state index contributed by atoms with van der Waals surface area (Å²) < 4.78 is 0. The molecule has 0 N–H and O–H groups in total. The molecular weight excluding hydrogens is 424 g/mol. The fourth-order valence-corrected chi connectivity index (χ4v) is 7.19. The maximum atomic E-state index is 4.66. The summed E-state index contributed by atoms with van der Waals surface area (Å²) in [5.41, 5.74) is 21.3. The highest BCUT2D eigenvalue weighted by molar-refractivity contribution is 5.95. The molecule has 4 aromatic carbocycles. The quantitative estimate of drug-likeness (QED) is 0.240. The summed E-state index contributed by atoms with van der Waals surface area (Å²) in [7, 11) is 0. The minimum absolute atomic E-state index is 0.949. The third-order valence-electron chi connectivity index (χ3n) is 8.63. The van der Waals surface area contributed by atoms with Crippen LogP contribution >= 0.6 is 0 Å². The molecule has 0 radical (unpaired) electrons. The lowest BCUT2D eigenvalue weighted by Crippen LogP contribution is -2.25. The smallest absolute Gasteiger partial charge is 0.0563 e.